The van der Waals surface area contributed by atoms with Gasteiger partial charge in [-0.2, -0.15) is 5.26 Å². The molecular weight excluding hydrogens is 296 g/mol. The summed E-state index contributed by atoms with van der Waals surface area (Å²) in [5.41, 5.74) is 0. The molecule has 8 heteroatoms. The number of carbonyl (C=O) groups excluding carboxylic acids is 1. The van der Waals surface area contributed by atoms with Gasteiger partial charge in [-0.3, -0.25) is 14.6 Å². The van der Waals surface area contributed by atoms with Crippen LogP contribution in [0.4, 0.5) is 0 Å². The summed E-state index contributed by atoms with van der Waals surface area (Å²) in [4.78, 5) is 18.1. The highest BCUT2D eigenvalue weighted by Crippen LogP contribution is 2.16. The predicted octanol–water partition coefficient (Wildman–Crippen LogP) is 0.256. The Labute approximate surface area is 136 Å². The van der Waals surface area contributed by atoms with Gasteiger partial charge < -0.3 is 9.32 Å². The standard InChI is InChI=1S/C15H24N6O2/c1-12-17-18-14(23-12)10-20(3)13-5-8-21(9-13)11-15(22)19(2)7-4-6-16/h13H,4-5,7-11H2,1-3H3/t13-/m1/s1. The number of rotatable bonds is 7. The maximum atomic E-state index is 12.1. The fourth-order valence-corrected chi connectivity index (χ4v) is 2.71. The molecule has 0 radical (unpaired) electrons. The van der Waals surface area contributed by atoms with Gasteiger partial charge in [0.2, 0.25) is 17.7 Å². The second-order valence-electron chi connectivity index (χ2n) is 6.03. The molecule has 0 N–H and O–H groups in total. The zero-order valence-electron chi connectivity index (χ0n) is 14.0. The largest absolute Gasteiger partial charge is 0.424 e. The molecule has 0 aromatic carbocycles. The SMILES string of the molecule is Cc1nnc(CN(C)[C@@H]2CCN(CC(=O)N(C)CCC#N)C2)o1. The van der Waals surface area contributed by atoms with E-state index in [9.17, 15) is 4.79 Å². The zero-order valence-corrected chi connectivity index (χ0v) is 14.0. The van der Waals surface area contributed by atoms with Gasteiger partial charge in [0.1, 0.15) is 0 Å². The third-order valence-electron chi connectivity index (χ3n) is 4.17. The Hall–Kier alpha value is -1.98. The van der Waals surface area contributed by atoms with Gasteiger partial charge in [0.15, 0.2) is 0 Å². The number of hydrogen-bond acceptors (Lipinski definition) is 7. The van der Waals surface area contributed by atoms with Crippen LogP contribution in [0.3, 0.4) is 0 Å². The third kappa shape index (κ3) is 5.01. The van der Waals surface area contributed by atoms with Crippen LogP contribution in [-0.2, 0) is 11.3 Å². The van der Waals surface area contributed by atoms with Crippen molar-refractivity contribution in [3.05, 3.63) is 11.8 Å². The monoisotopic (exact) mass is 320 g/mol. The van der Waals surface area contributed by atoms with Crippen molar-refractivity contribution in [1.82, 2.24) is 24.9 Å². The van der Waals surface area contributed by atoms with E-state index in [1.165, 1.54) is 0 Å². The van der Waals surface area contributed by atoms with E-state index in [1.54, 1.807) is 18.9 Å². The molecule has 23 heavy (non-hydrogen) atoms. The van der Waals surface area contributed by atoms with Crippen LogP contribution in [0, 0.1) is 18.3 Å². The van der Waals surface area contributed by atoms with Crippen LogP contribution in [-0.4, -0.2) is 77.1 Å². The molecule has 1 aliphatic rings. The first-order valence-electron chi connectivity index (χ1n) is 7.82. The molecule has 1 aliphatic heterocycles. The Balaban J connectivity index is 1.77. The number of likely N-dealkylation sites (N-methyl/N-ethyl adjacent to an activating group) is 2. The molecule has 0 spiro atoms. The van der Waals surface area contributed by atoms with Crippen molar-refractivity contribution in [2.45, 2.75) is 32.4 Å². The minimum atomic E-state index is 0.0658. The summed E-state index contributed by atoms with van der Waals surface area (Å²) in [6, 6.07) is 2.43. The molecular formula is C15H24N6O2. The van der Waals surface area contributed by atoms with Gasteiger partial charge in [-0.05, 0) is 13.5 Å². The van der Waals surface area contributed by atoms with Crippen molar-refractivity contribution in [3.63, 3.8) is 0 Å². The fraction of sp³-hybridized carbons (Fsp3) is 0.733. The first kappa shape index (κ1) is 17.4. The highest BCUT2D eigenvalue weighted by molar-refractivity contribution is 5.78. The Morgan fingerprint density at radius 1 is 1.48 bits per heavy atom. The molecule has 1 aromatic rings. The maximum Gasteiger partial charge on any atom is 0.236 e. The lowest BCUT2D eigenvalue weighted by atomic mass is 10.2. The first-order chi connectivity index (χ1) is 11.0. The van der Waals surface area contributed by atoms with Gasteiger partial charge in [0, 0.05) is 39.6 Å². The van der Waals surface area contributed by atoms with E-state index in [0.29, 0.717) is 43.9 Å². The van der Waals surface area contributed by atoms with Crippen LogP contribution in [0.1, 0.15) is 24.6 Å². The molecule has 8 nitrogen and oxygen atoms in total. The molecule has 2 heterocycles. The molecule has 1 atom stereocenters. The summed E-state index contributed by atoms with van der Waals surface area (Å²) < 4.78 is 5.41. The molecule has 0 aliphatic carbocycles. The number of aromatic nitrogens is 2. The van der Waals surface area contributed by atoms with Crippen LogP contribution in [0.15, 0.2) is 4.42 Å². The van der Waals surface area contributed by atoms with Gasteiger partial charge in [0.25, 0.3) is 0 Å². The van der Waals surface area contributed by atoms with Gasteiger partial charge in [-0.1, -0.05) is 0 Å². The van der Waals surface area contributed by atoms with E-state index in [0.717, 1.165) is 19.5 Å². The van der Waals surface area contributed by atoms with Crippen molar-refractivity contribution < 1.29 is 9.21 Å². The van der Waals surface area contributed by atoms with Crippen molar-refractivity contribution >= 4 is 5.91 Å². The molecule has 126 valence electrons. The summed E-state index contributed by atoms with van der Waals surface area (Å²) >= 11 is 0. The number of nitrogens with zero attached hydrogens (tertiary/aromatic N) is 6. The van der Waals surface area contributed by atoms with Crippen LogP contribution in [0.2, 0.25) is 0 Å². The lowest BCUT2D eigenvalue weighted by Crippen LogP contribution is -2.40. The summed E-state index contributed by atoms with van der Waals surface area (Å²) in [6.45, 7) is 5.05. The smallest absolute Gasteiger partial charge is 0.236 e. The van der Waals surface area contributed by atoms with Gasteiger partial charge in [0.05, 0.1) is 25.6 Å². The minimum Gasteiger partial charge on any atom is -0.424 e. The van der Waals surface area contributed by atoms with Gasteiger partial charge >= 0.3 is 0 Å². The van der Waals surface area contributed by atoms with Gasteiger partial charge in [-0.25, -0.2) is 0 Å². The molecule has 0 saturated carbocycles. The Morgan fingerprint density at radius 2 is 2.26 bits per heavy atom. The average Bonchev–Trinajstić information content (AvgIpc) is 3.14. The minimum absolute atomic E-state index is 0.0658. The van der Waals surface area contributed by atoms with E-state index in [-0.39, 0.29) is 5.91 Å². The number of likely N-dealkylation sites (tertiary alicyclic amines) is 1. The highest BCUT2D eigenvalue weighted by Gasteiger charge is 2.28. The number of aryl methyl sites for hydroxylation is 1. The number of hydrogen-bond donors (Lipinski definition) is 0. The average molecular weight is 320 g/mol. The Kier molecular flexibility index (Phi) is 6.07. The quantitative estimate of drug-likeness (QED) is 0.711. The second-order valence-corrected chi connectivity index (χ2v) is 6.03. The van der Waals surface area contributed by atoms with E-state index in [2.05, 4.69) is 26.1 Å². The van der Waals surface area contributed by atoms with Crippen LogP contribution >= 0.6 is 0 Å². The van der Waals surface area contributed by atoms with Crippen LogP contribution in [0.5, 0.6) is 0 Å². The lowest BCUT2D eigenvalue weighted by Gasteiger charge is -2.24. The van der Waals surface area contributed by atoms with E-state index >= 15 is 0 Å². The van der Waals surface area contributed by atoms with E-state index in [4.69, 9.17) is 9.68 Å². The Bertz CT molecular complexity index is 567. The summed E-state index contributed by atoms with van der Waals surface area (Å²) in [5, 5.41) is 16.4. The van der Waals surface area contributed by atoms with Gasteiger partial charge in [-0.15, -0.1) is 10.2 Å². The second kappa shape index (κ2) is 8.04. The lowest BCUT2D eigenvalue weighted by molar-refractivity contribution is -0.130. The van der Waals surface area contributed by atoms with Crippen molar-refractivity contribution in [2.75, 3.05) is 40.3 Å². The topological polar surface area (TPSA) is 89.5 Å². The number of nitriles is 1. The number of carbonyl (C=O) groups is 1. The van der Waals surface area contributed by atoms with E-state index in [1.807, 2.05) is 7.05 Å². The molecule has 0 bridgehead atoms. The molecule has 2 rings (SSSR count). The number of amides is 1. The Morgan fingerprint density at radius 3 is 2.91 bits per heavy atom. The normalized spacial score (nSPS) is 18.3. The van der Waals surface area contributed by atoms with Crippen molar-refractivity contribution in [1.29, 1.82) is 5.26 Å². The molecule has 0 unspecified atom stereocenters. The van der Waals surface area contributed by atoms with Crippen LogP contribution < -0.4 is 0 Å². The molecule has 1 fully saturated rings. The summed E-state index contributed by atoms with van der Waals surface area (Å²) in [5.74, 6) is 1.26. The maximum absolute atomic E-state index is 12.1. The highest BCUT2D eigenvalue weighted by atomic mass is 16.4. The fourth-order valence-electron chi connectivity index (χ4n) is 2.71. The van der Waals surface area contributed by atoms with Crippen molar-refractivity contribution in [2.24, 2.45) is 0 Å². The summed E-state index contributed by atoms with van der Waals surface area (Å²) in [7, 11) is 3.78. The first-order valence-corrected chi connectivity index (χ1v) is 7.82. The summed E-state index contributed by atoms with van der Waals surface area (Å²) in [6.07, 6.45) is 1.38. The van der Waals surface area contributed by atoms with E-state index < -0.39 is 0 Å². The van der Waals surface area contributed by atoms with Crippen LogP contribution in [0.25, 0.3) is 0 Å². The van der Waals surface area contributed by atoms with Crippen molar-refractivity contribution in [3.8, 4) is 6.07 Å². The third-order valence-corrected chi connectivity index (χ3v) is 4.17. The molecule has 1 amide bonds. The molecule has 1 saturated heterocycles. The predicted molar refractivity (Wildman–Crippen MR) is 83.2 cm³/mol. The zero-order chi connectivity index (χ0) is 16.8. The molecule has 1 aromatic heterocycles.